The van der Waals surface area contributed by atoms with Crippen LogP contribution in [0.15, 0.2) is 36.4 Å². The van der Waals surface area contributed by atoms with E-state index in [-0.39, 0.29) is 0 Å². The first-order valence-electron chi connectivity index (χ1n) is 4.92. The number of nitriles is 1. The summed E-state index contributed by atoms with van der Waals surface area (Å²) in [7, 11) is 0. The van der Waals surface area contributed by atoms with Crippen LogP contribution >= 0.6 is 34.8 Å². The van der Waals surface area contributed by atoms with Crippen molar-refractivity contribution in [2.24, 2.45) is 0 Å². The van der Waals surface area contributed by atoms with E-state index >= 15 is 0 Å². The first-order valence-corrected chi connectivity index (χ1v) is 6.06. The molecule has 0 aliphatic heterocycles. The number of benzene rings is 2. The van der Waals surface area contributed by atoms with E-state index in [1.54, 1.807) is 36.4 Å². The third-order valence-electron chi connectivity index (χ3n) is 2.17. The third kappa shape index (κ3) is 2.88. The first kappa shape index (κ1) is 13.0. The predicted molar refractivity (Wildman–Crippen MR) is 72.7 cm³/mol. The Bertz CT molecular complexity index is 594. The van der Waals surface area contributed by atoms with Crippen molar-refractivity contribution in [1.29, 1.82) is 5.26 Å². The number of halogens is 3. The minimum Gasteiger partial charge on any atom is -0.454 e. The number of hydrogen-bond donors (Lipinski definition) is 0. The topological polar surface area (TPSA) is 33.0 Å². The van der Waals surface area contributed by atoms with Crippen molar-refractivity contribution in [3.8, 4) is 17.6 Å². The lowest BCUT2D eigenvalue weighted by Crippen LogP contribution is -1.87. The maximum absolute atomic E-state index is 8.69. The van der Waals surface area contributed by atoms with Crippen LogP contribution in [0.5, 0.6) is 11.5 Å². The lowest BCUT2D eigenvalue weighted by atomic mass is 10.2. The monoisotopic (exact) mass is 297 g/mol. The van der Waals surface area contributed by atoms with Gasteiger partial charge in [-0.2, -0.15) is 5.26 Å². The molecule has 0 heterocycles. The molecule has 0 atom stereocenters. The molecule has 18 heavy (non-hydrogen) atoms. The molecule has 2 nitrogen and oxygen atoms in total. The summed E-state index contributed by atoms with van der Waals surface area (Å²) in [5, 5.41) is 9.79. The summed E-state index contributed by atoms with van der Waals surface area (Å²) < 4.78 is 5.56. The maximum Gasteiger partial charge on any atom is 0.164 e. The molecule has 0 saturated heterocycles. The van der Waals surface area contributed by atoms with Crippen molar-refractivity contribution in [3.63, 3.8) is 0 Å². The second-order valence-electron chi connectivity index (χ2n) is 3.44. The largest absolute Gasteiger partial charge is 0.454 e. The van der Waals surface area contributed by atoms with Gasteiger partial charge in [0.25, 0.3) is 0 Å². The summed E-state index contributed by atoms with van der Waals surface area (Å²) in [6, 6.07) is 11.7. The second-order valence-corrected chi connectivity index (χ2v) is 4.69. The summed E-state index contributed by atoms with van der Waals surface area (Å²) in [6.45, 7) is 0. The molecule has 0 N–H and O–H groups in total. The standard InChI is InChI=1S/C13H6Cl3NO/c14-9-5-11(15)13(12(16)6-9)18-10-3-1-8(7-17)2-4-10/h1-6H. The average Bonchev–Trinajstić information content (AvgIpc) is 2.34. The van der Waals surface area contributed by atoms with E-state index in [0.717, 1.165) is 0 Å². The van der Waals surface area contributed by atoms with Crippen LogP contribution in [0.25, 0.3) is 0 Å². The van der Waals surface area contributed by atoms with Gasteiger partial charge in [0.1, 0.15) is 5.75 Å². The van der Waals surface area contributed by atoms with E-state index in [1.807, 2.05) is 6.07 Å². The molecular formula is C13H6Cl3NO. The van der Waals surface area contributed by atoms with Crippen LogP contribution in [-0.2, 0) is 0 Å². The quantitative estimate of drug-likeness (QED) is 0.752. The smallest absolute Gasteiger partial charge is 0.164 e. The number of nitrogens with zero attached hydrogens (tertiary/aromatic N) is 1. The van der Waals surface area contributed by atoms with Gasteiger partial charge >= 0.3 is 0 Å². The van der Waals surface area contributed by atoms with Crippen LogP contribution in [0, 0.1) is 11.3 Å². The Hall–Kier alpha value is -1.40. The zero-order chi connectivity index (χ0) is 13.1. The Balaban J connectivity index is 2.31. The van der Waals surface area contributed by atoms with Crippen molar-refractivity contribution in [3.05, 3.63) is 57.0 Å². The fourth-order valence-electron chi connectivity index (χ4n) is 1.34. The van der Waals surface area contributed by atoms with Crippen LogP contribution in [0.1, 0.15) is 5.56 Å². The highest BCUT2D eigenvalue weighted by Gasteiger charge is 2.10. The van der Waals surface area contributed by atoms with Crippen molar-refractivity contribution < 1.29 is 4.74 Å². The highest BCUT2D eigenvalue weighted by Crippen LogP contribution is 2.38. The third-order valence-corrected chi connectivity index (χ3v) is 2.95. The number of rotatable bonds is 2. The molecule has 0 spiro atoms. The number of ether oxygens (including phenoxy) is 1. The molecule has 0 fully saturated rings. The van der Waals surface area contributed by atoms with E-state index in [2.05, 4.69) is 0 Å². The summed E-state index contributed by atoms with van der Waals surface area (Å²) in [4.78, 5) is 0. The molecule has 2 aromatic carbocycles. The van der Waals surface area contributed by atoms with Crippen LogP contribution in [-0.4, -0.2) is 0 Å². The summed E-state index contributed by atoms with van der Waals surface area (Å²) in [6.07, 6.45) is 0. The fourth-order valence-corrected chi connectivity index (χ4v) is 2.24. The first-order chi connectivity index (χ1) is 8.60. The van der Waals surface area contributed by atoms with Gasteiger partial charge < -0.3 is 4.74 Å². The Kier molecular flexibility index (Phi) is 3.98. The van der Waals surface area contributed by atoms with E-state index in [4.69, 9.17) is 44.8 Å². The summed E-state index contributed by atoms with van der Waals surface area (Å²) in [5.74, 6) is 0.882. The zero-order valence-electron chi connectivity index (χ0n) is 8.95. The Morgan fingerprint density at radius 2 is 1.50 bits per heavy atom. The molecule has 0 aliphatic carbocycles. The van der Waals surface area contributed by atoms with Gasteiger partial charge in [-0.25, -0.2) is 0 Å². The second kappa shape index (κ2) is 5.49. The van der Waals surface area contributed by atoms with Crippen molar-refractivity contribution >= 4 is 34.8 Å². The fraction of sp³-hybridized carbons (Fsp3) is 0. The van der Waals surface area contributed by atoms with Gasteiger partial charge in [0.2, 0.25) is 0 Å². The van der Waals surface area contributed by atoms with E-state index in [9.17, 15) is 0 Å². The molecule has 2 aromatic rings. The van der Waals surface area contributed by atoms with Gasteiger partial charge in [-0.3, -0.25) is 0 Å². The molecule has 0 unspecified atom stereocenters. The van der Waals surface area contributed by atoms with Gasteiger partial charge in [0.15, 0.2) is 5.75 Å². The van der Waals surface area contributed by atoms with Gasteiger partial charge in [0.05, 0.1) is 21.7 Å². The molecule has 2 rings (SSSR count). The average molecular weight is 299 g/mol. The minimum absolute atomic E-state index is 0.330. The van der Waals surface area contributed by atoms with Gasteiger partial charge in [0, 0.05) is 5.02 Å². The molecule has 90 valence electrons. The predicted octanol–water partition coefficient (Wildman–Crippen LogP) is 5.31. The molecular weight excluding hydrogens is 293 g/mol. The molecule has 0 saturated carbocycles. The Morgan fingerprint density at radius 1 is 0.944 bits per heavy atom. The van der Waals surface area contributed by atoms with E-state index in [1.165, 1.54) is 0 Å². The van der Waals surface area contributed by atoms with Gasteiger partial charge in [-0.1, -0.05) is 34.8 Å². The zero-order valence-corrected chi connectivity index (χ0v) is 11.2. The lowest BCUT2D eigenvalue weighted by Gasteiger charge is -2.09. The minimum atomic E-state index is 0.330. The molecule has 0 aliphatic rings. The summed E-state index contributed by atoms with van der Waals surface area (Å²) in [5.41, 5.74) is 0.552. The SMILES string of the molecule is N#Cc1ccc(Oc2c(Cl)cc(Cl)cc2Cl)cc1. The van der Waals surface area contributed by atoms with Crippen molar-refractivity contribution in [2.45, 2.75) is 0 Å². The maximum atomic E-state index is 8.69. The normalized spacial score (nSPS) is 9.89. The molecule has 5 heteroatoms. The van der Waals surface area contributed by atoms with Crippen LogP contribution < -0.4 is 4.74 Å². The van der Waals surface area contributed by atoms with Crippen LogP contribution in [0.2, 0.25) is 15.1 Å². The van der Waals surface area contributed by atoms with Gasteiger partial charge in [-0.05, 0) is 36.4 Å². The molecule has 0 radical (unpaired) electrons. The molecule has 0 amide bonds. The molecule has 0 bridgehead atoms. The Labute approximate surface area is 119 Å². The van der Waals surface area contributed by atoms with Crippen molar-refractivity contribution in [1.82, 2.24) is 0 Å². The van der Waals surface area contributed by atoms with E-state index < -0.39 is 0 Å². The summed E-state index contributed by atoms with van der Waals surface area (Å²) >= 11 is 17.8. The lowest BCUT2D eigenvalue weighted by molar-refractivity contribution is 0.483. The van der Waals surface area contributed by atoms with Crippen molar-refractivity contribution in [2.75, 3.05) is 0 Å². The Morgan fingerprint density at radius 3 is 2.00 bits per heavy atom. The van der Waals surface area contributed by atoms with Gasteiger partial charge in [-0.15, -0.1) is 0 Å². The van der Waals surface area contributed by atoms with Crippen LogP contribution in [0.4, 0.5) is 0 Å². The van der Waals surface area contributed by atoms with Crippen LogP contribution in [0.3, 0.4) is 0 Å². The molecule has 0 aromatic heterocycles. The van der Waals surface area contributed by atoms with E-state index in [0.29, 0.717) is 32.1 Å². The number of hydrogen-bond acceptors (Lipinski definition) is 2. The highest BCUT2D eigenvalue weighted by atomic mass is 35.5. The highest BCUT2D eigenvalue weighted by molar-refractivity contribution is 6.40.